The summed E-state index contributed by atoms with van der Waals surface area (Å²) in [4.78, 5) is 17.5. The number of hydrogen-bond acceptors (Lipinski definition) is 3. The van der Waals surface area contributed by atoms with Crippen molar-refractivity contribution in [1.82, 2.24) is 14.9 Å². The standard InChI is InChI=1S/C26H26N4O.H2/c1-18(2)25-24(26(31)29-16-21-9-6-12-28-15-21)22-11-10-20(14-27)13-23(22)30(25)17-19-7-4-3-5-8-19;/h3-15,18,27H,16-17H2,1-2H3,(H,29,31);1H. The highest BCUT2D eigenvalue weighted by Crippen LogP contribution is 2.33. The lowest BCUT2D eigenvalue weighted by molar-refractivity contribution is 0.0951. The topological polar surface area (TPSA) is 70.8 Å². The van der Waals surface area contributed by atoms with Crippen LogP contribution in [0.25, 0.3) is 10.9 Å². The lowest BCUT2D eigenvalue weighted by Crippen LogP contribution is -2.24. The minimum Gasteiger partial charge on any atom is -0.348 e. The Morgan fingerprint density at radius 1 is 1.13 bits per heavy atom. The van der Waals surface area contributed by atoms with E-state index in [9.17, 15) is 4.79 Å². The number of nitrogens with zero attached hydrogens (tertiary/aromatic N) is 2. The summed E-state index contributed by atoms with van der Waals surface area (Å²) in [6.07, 6.45) is 4.83. The minimum absolute atomic E-state index is 0. The second-order valence-electron chi connectivity index (χ2n) is 7.95. The molecule has 2 aromatic carbocycles. The maximum atomic E-state index is 13.4. The van der Waals surface area contributed by atoms with Crippen LogP contribution >= 0.6 is 0 Å². The van der Waals surface area contributed by atoms with Crippen molar-refractivity contribution >= 4 is 23.0 Å². The van der Waals surface area contributed by atoms with Gasteiger partial charge in [-0.1, -0.05) is 62.4 Å². The molecule has 0 saturated heterocycles. The molecule has 31 heavy (non-hydrogen) atoms. The maximum absolute atomic E-state index is 13.4. The van der Waals surface area contributed by atoms with Gasteiger partial charge in [0.1, 0.15) is 0 Å². The van der Waals surface area contributed by atoms with Crippen LogP contribution < -0.4 is 5.32 Å². The van der Waals surface area contributed by atoms with Crippen molar-refractivity contribution in [1.29, 1.82) is 5.41 Å². The molecule has 0 unspecified atom stereocenters. The highest BCUT2D eigenvalue weighted by atomic mass is 16.1. The zero-order valence-corrected chi connectivity index (χ0v) is 17.8. The summed E-state index contributed by atoms with van der Waals surface area (Å²) in [5, 5.41) is 11.7. The number of fused-ring (bicyclic) bond motifs is 1. The molecule has 0 spiro atoms. The van der Waals surface area contributed by atoms with Crippen LogP contribution in [0.1, 0.15) is 53.9 Å². The van der Waals surface area contributed by atoms with E-state index in [2.05, 4.69) is 40.8 Å². The highest BCUT2D eigenvalue weighted by Gasteiger charge is 2.24. The molecular weight excluding hydrogens is 384 g/mol. The van der Waals surface area contributed by atoms with E-state index in [1.807, 2.05) is 48.5 Å². The molecule has 0 fully saturated rings. The van der Waals surface area contributed by atoms with E-state index in [1.165, 1.54) is 11.8 Å². The Balaban J connectivity index is 0.00000289. The minimum atomic E-state index is -0.0908. The molecule has 0 aliphatic carbocycles. The van der Waals surface area contributed by atoms with Gasteiger partial charge in [0, 0.05) is 44.2 Å². The van der Waals surface area contributed by atoms with Gasteiger partial charge in [-0.05, 0) is 34.7 Å². The highest BCUT2D eigenvalue weighted by molar-refractivity contribution is 6.09. The largest absolute Gasteiger partial charge is 0.348 e. The summed E-state index contributed by atoms with van der Waals surface area (Å²) >= 11 is 0. The van der Waals surface area contributed by atoms with E-state index >= 15 is 0 Å². The fourth-order valence-corrected chi connectivity index (χ4v) is 4.02. The number of benzene rings is 2. The SMILES string of the molecule is CC(C)c1c(C(=O)NCc2cccnc2)c2ccc(C=N)cc2n1Cc1ccccc1.[HH]. The fraction of sp³-hybridized carbons (Fsp3) is 0.192. The average Bonchev–Trinajstić information content (AvgIpc) is 3.12. The number of carbonyl (C=O) groups excluding carboxylic acids is 1. The zero-order valence-electron chi connectivity index (χ0n) is 17.8. The molecule has 0 aliphatic heterocycles. The van der Waals surface area contributed by atoms with Gasteiger partial charge in [0.2, 0.25) is 0 Å². The van der Waals surface area contributed by atoms with E-state index in [1.54, 1.807) is 12.4 Å². The van der Waals surface area contributed by atoms with Crippen molar-refractivity contribution in [3.8, 4) is 0 Å². The number of hydrogen-bond donors (Lipinski definition) is 2. The summed E-state index contributed by atoms with van der Waals surface area (Å²) < 4.78 is 2.22. The van der Waals surface area contributed by atoms with Crippen LogP contribution in [0.2, 0.25) is 0 Å². The summed E-state index contributed by atoms with van der Waals surface area (Å²) in [5.41, 5.74) is 5.63. The van der Waals surface area contributed by atoms with Gasteiger partial charge in [0.25, 0.3) is 5.91 Å². The van der Waals surface area contributed by atoms with Gasteiger partial charge < -0.3 is 15.3 Å². The molecule has 4 aromatic rings. The molecule has 5 heteroatoms. The van der Waals surface area contributed by atoms with Crippen molar-refractivity contribution in [2.75, 3.05) is 0 Å². The number of pyridine rings is 1. The Labute approximate surface area is 183 Å². The molecule has 0 bridgehead atoms. The van der Waals surface area contributed by atoms with Gasteiger partial charge in [0.05, 0.1) is 11.1 Å². The second kappa shape index (κ2) is 8.96. The van der Waals surface area contributed by atoms with Gasteiger partial charge in [-0.15, -0.1) is 0 Å². The number of amides is 1. The van der Waals surface area contributed by atoms with Crippen LogP contribution in [-0.4, -0.2) is 21.7 Å². The van der Waals surface area contributed by atoms with Crippen LogP contribution in [-0.2, 0) is 13.1 Å². The third kappa shape index (κ3) is 4.26. The molecule has 5 nitrogen and oxygen atoms in total. The molecule has 2 N–H and O–H groups in total. The summed E-state index contributed by atoms with van der Waals surface area (Å²) in [5.74, 6) is 0.0608. The Bertz CT molecular complexity index is 1220. The van der Waals surface area contributed by atoms with E-state index in [4.69, 9.17) is 5.41 Å². The Hall–Kier alpha value is -3.73. The van der Waals surface area contributed by atoms with Gasteiger partial charge in [-0.2, -0.15) is 0 Å². The Kier molecular flexibility index (Phi) is 5.94. The first kappa shape index (κ1) is 20.5. The molecule has 0 saturated carbocycles. The Morgan fingerprint density at radius 2 is 1.90 bits per heavy atom. The maximum Gasteiger partial charge on any atom is 0.254 e. The molecular formula is C26H28N4O. The molecule has 158 valence electrons. The van der Waals surface area contributed by atoms with Crippen molar-refractivity contribution in [2.45, 2.75) is 32.9 Å². The Morgan fingerprint density at radius 3 is 2.58 bits per heavy atom. The third-order valence-corrected chi connectivity index (χ3v) is 5.43. The zero-order chi connectivity index (χ0) is 21.8. The van der Waals surface area contributed by atoms with Crippen molar-refractivity contribution in [3.05, 3.63) is 101 Å². The number of carbonyl (C=O) groups is 1. The van der Waals surface area contributed by atoms with E-state index in [0.29, 0.717) is 18.7 Å². The monoisotopic (exact) mass is 412 g/mol. The number of rotatable bonds is 7. The molecule has 0 atom stereocenters. The molecule has 0 radical (unpaired) electrons. The van der Waals surface area contributed by atoms with Crippen LogP contribution in [0, 0.1) is 5.41 Å². The smallest absolute Gasteiger partial charge is 0.254 e. The summed E-state index contributed by atoms with van der Waals surface area (Å²) in [6, 6.07) is 19.9. The fourth-order valence-electron chi connectivity index (χ4n) is 4.02. The first-order valence-electron chi connectivity index (χ1n) is 10.5. The van der Waals surface area contributed by atoms with Crippen LogP contribution in [0.4, 0.5) is 0 Å². The van der Waals surface area contributed by atoms with E-state index in [-0.39, 0.29) is 13.3 Å². The normalized spacial score (nSPS) is 11.1. The third-order valence-electron chi connectivity index (χ3n) is 5.43. The predicted molar refractivity (Wildman–Crippen MR) is 127 cm³/mol. The van der Waals surface area contributed by atoms with Gasteiger partial charge in [0.15, 0.2) is 0 Å². The molecule has 1 amide bonds. The summed E-state index contributed by atoms with van der Waals surface area (Å²) in [7, 11) is 0. The number of nitrogens with one attached hydrogen (secondary N) is 2. The van der Waals surface area contributed by atoms with Crippen molar-refractivity contribution in [2.24, 2.45) is 0 Å². The lowest BCUT2D eigenvalue weighted by atomic mass is 10.0. The quantitative estimate of drug-likeness (QED) is 0.400. The predicted octanol–water partition coefficient (Wildman–Crippen LogP) is 5.38. The molecule has 0 aliphatic rings. The van der Waals surface area contributed by atoms with Crippen molar-refractivity contribution in [3.63, 3.8) is 0 Å². The van der Waals surface area contributed by atoms with Crippen LogP contribution in [0.15, 0.2) is 73.1 Å². The number of aromatic nitrogens is 2. The van der Waals surface area contributed by atoms with Crippen molar-refractivity contribution < 1.29 is 6.22 Å². The van der Waals surface area contributed by atoms with Crippen LogP contribution in [0.3, 0.4) is 0 Å². The average molecular weight is 413 g/mol. The van der Waals surface area contributed by atoms with E-state index in [0.717, 1.165) is 27.7 Å². The summed E-state index contributed by atoms with van der Waals surface area (Å²) in [6.45, 7) is 5.33. The van der Waals surface area contributed by atoms with Gasteiger partial charge in [-0.25, -0.2) is 0 Å². The molecule has 2 heterocycles. The van der Waals surface area contributed by atoms with Gasteiger partial charge >= 0.3 is 0 Å². The lowest BCUT2D eigenvalue weighted by Gasteiger charge is -2.15. The first-order valence-corrected chi connectivity index (χ1v) is 10.5. The van der Waals surface area contributed by atoms with Crippen LogP contribution in [0.5, 0.6) is 0 Å². The van der Waals surface area contributed by atoms with Gasteiger partial charge in [-0.3, -0.25) is 9.78 Å². The van der Waals surface area contributed by atoms with E-state index < -0.39 is 0 Å². The first-order chi connectivity index (χ1) is 15.1. The molecule has 4 rings (SSSR count). The second-order valence-corrected chi connectivity index (χ2v) is 7.95. The molecule has 2 aromatic heterocycles.